The maximum atomic E-state index is 13.0. The number of nitrogens with two attached hydrogens (primary N) is 1. The highest BCUT2D eigenvalue weighted by Crippen LogP contribution is 2.35. The molecule has 1 aliphatic rings. The zero-order valence-electron chi connectivity index (χ0n) is 19.1. The van der Waals surface area contributed by atoms with E-state index in [2.05, 4.69) is 10.3 Å². The largest absolute Gasteiger partial charge is 0.391 e. The van der Waals surface area contributed by atoms with Gasteiger partial charge in [-0.25, -0.2) is 4.98 Å². The van der Waals surface area contributed by atoms with Crippen molar-refractivity contribution in [3.05, 3.63) is 40.0 Å². The van der Waals surface area contributed by atoms with Gasteiger partial charge in [-0.1, -0.05) is 44.5 Å². The Bertz CT molecular complexity index is 1000. The Morgan fingerprint density at radius 3 is 2.62 bits per heavy atom. The maximum absolute atomic E-state index is 13.0. The molecular formula is C23H31ClN4O3S. The number of carbonyl (C=O) groups excluding carboxylic acids is 2. The predicted molar refractivity (Wildman–Crippen MR) is 127 cm³/mol. The van der Waals surface area contributed by atoms with Crippen molar-refractivity contribution in [3.8, 4) is 10.4 Å². The first-order valence-corrected chi connectivity index (χ1v) is 11.9. The van der Waals surface area contributed by atoms with Gasteiger partial charge in [0, 0.05) is 23.6 Å². The van der Waals surface area contributed by atoms with E-state index in [4.69, 9.17) is 17.3 Å². The second-order valence-electron chi connectivity index (χ2n) is 9.48. The molecule has 2 amide bonds. The molecule has 1 fully saturated rings. The van der Waals surface area contributed by atoms with Crippen molar-refractivity contribution >= 4 is 34.8 Å². The average Bonchev–Trinajstić information content (AvgIpc) is 3.31. The number of amides is 2. The summed E-state index contributed by atoms with van der Waals surface area (Å²) in [4.78, 5) is 32.7. The van der Waals surface area contributed by atoms with Crippen LogP contribution in [0.1, 0.15) is 51.4 Å². The summed E-state index contributed by atoms with van der Waals surface area (Å²) >= 11 is 8.06. The SMILES string of the molecule is Cc1ncsc1-c1ccc([C@H](C)NC(=O)[C@@H]2C[C@@H](O)CN2C(=O)C(N)C(C)(C)C)cc1Cl. The van der Waals surface area contributed by atoms with E-state index in [1.54, 1.807) is 5.51 Å². The maximum Gasteiger partial charge on any atom is 0.243 e. The number of thiazole rings is 1. The van der Waals surface area contributed by atoms with Gasteiger partial charge in [-0.15, -0.1) is 11.3 Å². The van der Waals surface area contributed by atoms with E-state index in [1.165, 1.54) is 16.2 Å². The first-order valence-electron chi connectivity index (χ1n) is 10.6. The van der Waals surface area contributed by atoms with Gasteiger partial charge >= 0.3 is 0 Å². The lowest BCUT2D eigenvalue weighted by molar-refractivity contribution is -0.141. The Morgan fingerprint density at radius 1 is 1.38 bits per heavy atom. The molecule has 2 aromatic rings. The molecule has 0 bridgehead atoms. The van der Waals surface area contributed by atoms with Gasteiger partial charge in [-0.3, -0.25) is 9.59 Å². The smallest absolute Gasteiger partial charge is 0.243 e. The van der Waals surface area contributed by atoms with Gasteiger partial charge in [-0.2, -0.15) is 0 Å². The van der Waals surface area contributed by atoms with Gasteiger partial charge in [-0.05, 0) is 30.9 Å². The van der Waals surface area contributed by atoms with E-state index in [0.29, 0.717) is 5.02 Å². The van der Waals surface area contributed by atoms with Crippen LogP contribution in [0.3, 0.4) is 0 Å². The Labute approximate surface area is 198 Å². The zero-order valence-corrected chi connectivity index (χ0v) is 20.6. The van der Waals surface area contributed by atoms with Crippen LogP contribution in [0.25, 0.3) is 10.4 Å². The number of likely N-dealkylation sites (tertiary alicyclic amines) is 1. The van der Waals surface area contributed by atoms with Crippen molar-refractivity contribution in [2.24, 2.45) is 11.1 Å². The van der Waals surface area contributed by atoms with Crippen molar-refractivity contribution in [1.29, 1.82) is 0 Å². The molecule has 0 spiro atoms. The van der Waals surface area contributed by atoms with Crippen LogP contribution in [0.2, 0.25) is 5.02 Å². The van der Waals surface area contributed by atoms with Crippen molar-refractivity contribution in [1.82, 2.24) is 15.2 Å². The lowest BCUT2D eigenvalue weighted by Gasteiger charge is -2.32. The third-order valence-electron chi connectivity index (χ3n) is 5.91. The Kier molecular flexibility index (Phi) is 7.29. The van der Waals surface area contributed by atoms with Gasteiger partial charge in [0.2, 0.25) is 11.8 Å². The quantitative estimate of drug-likeness (QED) is 0.611. The predicted octanol–water partition coefficient (Wildman–Crippen LogP) is 3.28. The van der Waals surface area contributed by atoms with Crippen molar-refractivity contribution in [2.45, 2.75) is 65.3 Å². The molecule has 3 rings (SSSR count). The van der Waals surface area contributed by atoms with Crippen LogP contribution in [0, 0.1) is 12.3 Å². The Balaban J connectivity index is 1.73. The molecule has 1 aliphatic heterocycles. The summed E-state index contributed by atoms with van der Waals surface area (Å²) in [7, 11) is 0. The summed E-state index contributed by atoms with van der Waals surface area (Å²) < 4.78 is 0. The minimum atomic E-state index is -0.762. The minimum Gasteiger partial charge on any atom is -0.391 e. The van der Waals surface area contributed by atoms with E-state index in [0.717, 1.165) is 21.7 Å². The number of aliphatic hydroxyl groups excluding tert-OH is 1. The number of aromatic nitrogens is 1. The molecule has 4 atom stereocenters. The van der Waals surface area contributed by atoms with E-state index < -0.39 is 23.6 Å². The summed E-state index contributed by atoms with van der Waals surface area (Å²) in [5.41, 5.74) is 10.1. The highest BCUT2D eigenvalue weighted by molar-refractivity contribution is 7.13. The normalized spacial score (nSPS) is 20.8. The topological polar surface area (TPSA) is 109 Å². The second kappa shape index (κ2) is 9.47. The number of halogens is 1. The lowest BCUT2D eigenvalue weighted by atomic mass is 9.86. The Hall–Kier alpha value is -2.00. The van der Waals surface area contributed by atoms with E-state index in [-0.39, 0.29) is 30.8 Å². The van der Waals surface area contributed by atoms with Crippen LogP contribution in [-0.4, -0.2) is 51.5 Å². The van der Waals surface area contributed by atoms with Crippen LogP contribution in [0.15, 0.2) is 23.7 Å². The van der Waals surface area contributed by atoms with Gasteiger partial charge in [0.1, 0.15) is 6.04 Å². The lowest BCUT2D eigenvalue weighted by Crippen LogP contribution is -2.55. The van der Waals surface area contributed by atoms with Crippen LogP contribution in [0.4, 0.5) is 0 Å². The minimum absolute atomic E-state index is 0.101. The number of hydrogen-bond donors (Lipinski definition) is 3. The molecule has 32 heavy (non-hydrogen) atoms. The number of aryl methyl sites for hydroxylation is 1. The molecule has 7 nitrogen and oxygen atoms in total. The highest BCUT2D eigenvalue weighted by atomic mass is 35.5. The van der Waals surface area contributed by atoms with Crippen molar-refractivity contribution < 1.29 is 14.7 Å². The first-order chi connectivity index (χ1) is 14.9. The molecule has 0 aliphatic carbocycles. The summed E-state index contributed by atoms with van der Waals surface area (Å²) in [5.74, 6) is -0.642. The highest BCUT2D eigenvalue weighted by Gasteiger charge is 2.42. The number of aliphatic hydroxyl groups is 1. The number of hydrogen-bond acceptors (Lipinski definition) is 6. The fraction of sp³-hybridized carbons (Fsp3) is 0.522. The molecule has 0 saturated carbocycles. The van der Waals surface area contributed by atoms with Crippen molar-refractivity contribution in [2.75, 3.05) is 6.54 Å². The summed E-state index contributed by atoms with van der Waals surface area (Å²) in [6.45, 7) is 9.53. The molecule has 1 aromatic carbocycles. The number of nitrogens with zero attached hydrogens (tertiary/aromatic N) is 2. The number of rotatable bonds is 5. The molecular weight excluding hydrogens is 448 g/mol. The van der Waals surface area contributed by atoms with Crippen LogP contribution >= 0.6 is 22.9 Å². The molecule has 4 N–H and O–H groups in total. The Morgan fingerprint density at radius 2 is 2.06 bits per heavy atom. The molecule has 174 valence electrons. The van der Waals surface area contributed by atoms with E-state index in [9.17, 15) is 14.7 Å². The number of benzene rings is 1. The molecule has 1 unspecified atom stereocenters. The number of β-amino-alcohol motifs (C(OH)–C–C–N with tert-alkyl or cyclic N) is 1. The fourth-order valence-electron chi connectivity index (χ4n) is 3.79. The van der Waals surface area contributed by atoms with Crippen molar-refractivity contribution in [3.63, 3.8) is 0 Å². The van der Waals surface area contributed by atoms with E-state index >= 15 is 0 Å². The summed E-state index contributed by atoms with van der Waals surface area (Å²) in [6, 6.07) is 3.83. The van der Waals surface area contributed by atoms with E-state index in [1.807, 2.05) is 52.8 Å². The monoisotopic (exact) mass is 478 g/mol. The fourth-order valence-corrected chi connectivity index (χ4v) is 4.98. The first kappa shape index (κ1) is 24.6. The number of carbonyl (C=O) groups is 2. The van der Waals surface area contributed by atoms with Gasteiger partial charge < -0.3 is 21.1 Å². The van der Waals surface area contributed by atoms with Crippen LogP contribution in [0.5, 0.6) is 0 Å². The number of nitrogens with one attached hydrogen (secondary N) is 1. The average molecular weight is 479 g/mol. The van der Waals surface area contributed by atoms with Crippen LogP contribution < -0.4 is 11.1 Å². The molecule has 0 radical (unpaired) electrons. The van der Waals surface area contributed by atoms with Gasteiger partial charge in [0.25, 0.3) is 0 Å². The van der Waals surface area contributed by atoms with Crippen LogP contribution in [-0.2, 0) is 9.59 Å². The molecule has 2 heterocycles. The molecule has 9 heteroatoms. The third-order valence-corrected chi connectivity index (χ3v) is 7.18. The summed E-state index contributed by atoms with van der Waals surface area (Å²) in [5, 5.41) is 13.7. The molecule has 1 saturated heterocycles. The standard InChI is InChI=1S/C23H31ClN4O3S/c1-12(14-6-7-16(17(24)8-14)19-13(2)26-11-32-19)27-21(30)18-9-15(29)10-28(18)22(31)20(25)23(3,4)5/h6-8,11-12,15,18,20,29H,9-10,25H2,1-5H3,(H,27,30)/t12-,15+,18-,20?/m0/s1. The second-order valence-corrected chi connectivity index (χ2v) is 10.7. The molecule has 1 aromatic heterocycles. The van der Waals surface area contributed by atoms with Gasteiger partial charge in [0.15, 0.2) is 0 Å². The zero-order chi connectivity index (χ0) is 23.8. The summed E-state index contributed by atoms with van der Waals surface area (Å²) in [6.07, 6.45) is -0.570. The third kappa shape index (κ3) is 5.14. The van der Waals surface area contributed by atoms with Gasteiger partial charge in [0.05, 0.1) is 34.3 Å².